The predicted molar refractivity (Wildman–Crippen MR) is 99.4 cm³/mol. The average molecular weight is 457 g/mol. The molecule has 0 radical (unpaired) electrons. The molecule has 0 bridgehead atoms. The molecule has 7 heteroatoms. The van der Waals surface area contributed by atoms with E-state index >= 15 is 0 Å². The van der Waals surface area contributed by atoms with E-state index < -0.39 is 0 Å². The van der Waals surface area contributed by atoms with Crippen molar-refractivity contribution in [2.24, 2.45) is 0 Å². The molecule has 0 amide bonds. The summed E-state index contributed by atoms with van der Waals surface area (Å²) in [4.78, 5) is 0. The number of benzene rings is 1. The van der Waals surface area contributed by atoms with Crippen LogP contribution in [0.25, 0.3) is 11.6 Å². The normalized spacial score (nSPS) is 11.1. The Labute approximate surface area is 155 Å². The lowest BCUT2D eigenvalue weighted by Gasteiger charge is -2.07. The van der Waals surface area contributed by atoms with Crippen molar-refractivity contribution in [3.8, 4) is 11.6 Å². The van der Waals surface area contributed by atoms with E-state index in [2.05, 4.69) is 77.8 Å². The summed E-state index contributed by atoms with van der Waals surface area (Å²) >= 11 is 8.48. The van der Waals surface area contributed by atoms with Crippen LogP contribution in [0.2, 0.25) is 0 Å². The van der Waals surface area contributed by atoms with Crippen molar-refractivity contribution >= 4 is 43.6 Å². The molecule has 0 saturated carbocycles. The van der Waals surface area contributed by atoms with Gasteiger partial charge >= 0.3 is 0 Å². The maximum Gasteiger partial charge on any atom is 0.200 e. The Hall–Kier alpha value is -1.05. The van der Waals surface area contributed by atoms with Gasteiger partial charge in [-0.25, -0.2) is 0 Å². The molecule has 3 rings (SSSR count). The van der Waals surface area contributed by atoms with E-state index in [9.17, 15) is 0 Å². The smallest absolute Gasteiger partial charge is 0.200 e. The van der Waals surface area contributed by atoms with Crippen LogP contribution in [0.1, 0.15) is 18.9 Å². The highest BCUT2D eigenvalue weighted by molar-refractivity contribution is 9.10. The van der Waals surface area contributed by atoms with E-state index in [-0.39, 0.29) is 0 Å². The second kappa shape index (κ2) is 7.68. The molecule has 0 saturated heterocycles. The van der Waals surface area contributed by atoms with E-state index in [0.717, 1.165) is 39.9 Å². The molecule has 2 aromatic heterocycles. The first-order chi connectivity index (χ1) is 11.2. The van der Waals surface area contributed by atoms with Crippen molar-refractivity contribution in [2.45, 2.75) is 30.8 Å². The summed E-state index contributed by atoms with van der Waals surface area (Å²) in [5.41, 5.74) is 1.26. The van der Waals surface area contributed by atoms with Gasteiger partial charge in [-0.3, -0.25) is 4.57 Å². The molecule has 4 nitrogen and oxygen atoms in total. The van der Waals surface area contributed by atoms with Crippen LogP contribution in [-0.4, -0.2) is 14.8 Å². The second-order valence-corrected chi connectivity index (χ2v) is 7.62. The highest BCUT2D eigenvalue weighted by Gasteiger charge is 2.16. The monoisotopic (exact) mass is 455 g/mol. The SMILES string of the molecule is CCCn1c(SCc2ccc(Br)cc2)nnc1-c1ccc(Br)o1. The molecule has 0 aliphatic rings. The van der Waals surface area contributed by atoms with Crippen LogP contribution in [0.5, 0.6) is 0 Å². The maximum atomic E-state index is 5.62. The van der Waals surface area contributed by atoms with Crippen molar-refractivity contribution in [1.29, 1.82) is 0 Å². The third-order valence-corrected chi connectivity index (χ3v) is 5.23. The zero-order valence-corrected chi connectivity index (χ0v) is 16.5. The van der Waals surface area contributed by atoms with Gasteiger partial charge in [-0.15, -0.1) is 10.2 Å². The first kappa shape index (κ1) is 16.8. The lowest BCUT2D eigenvalue weighted by Crippen LogP contribution is -2.01. The number of furan rings is 1. The summed E-state index contributed by atoms with van der Waals surface area (Å²) in [6.07, 6.45) is 1.01. The fourth-order valence-corrected chi connectivity index (χ4v) is 3.66. The lowest BCUT2D eigenvalue weighted by molar-refractivity contribution is 0.539. The molecule has 0 aliphatic carbocycles. The second-order valence-electron chi connectivity index (χ2n) is 4.98. The molecule has 23 heavy (non-hydrogen) atoms. The number of halogens is 2. The third-order valence-electron chi connectivity index (χ3n) is 3.24. The Morgan fingerprint density at radius 3 is 2.52 bits per heavy atom. The topological polar surface area (TPSA) is 43.9 Å². The standard InChI is InChI=1S/C16H15Br2N3OS/c1-2-9-21-15(13-7-8-14(18)22-13)19-20-16(21)23-10-11-3-5-12(17)6-4-11/h3-8H,2,9-10H2,1H3. The first-order valence-electron chi connectivity index (χ1n) is 7.23. The van der Waals surface area contributed by atoms with Crippen molar-refractivity contribution in [3.05, 3.63) is 51.1 Å². The molecule has 0 spiro atoms. The van der Waals surface area contributed by atoms with Gasteiger partial charge in [-0.05, 0) is 52.2 Å². The minimum absolute atomic E-state index is 0.697. The molecule has 2 heterocycles. The minimum atomic E-state index is 0.697. The summed E-state index contributed by atoms with van der Waals surface area (Å²) in [5.74, 6) is 2.36. The summed E-state index contributed by atoms with van der Waals surface area (Å²) in [7, 11) is 0. The van der Waals surface area contributed by atoms with Gasteiger partial charge in [0.05, 0.1) is 0 Å². The van der Waals surface area contributed by atoms with Crippen molar-refractivity contribution < 1.29 is 4.42 Å². The average Bonchev–Trinajstić information content (AvgIpc) is 3.14. The maximum absolute atomic E-state index is 5.62. The molecule has 0 atom stereocenters. The highest BCUT2D eigenvalue weighted by Crippen LogP contribution is 2.29. The van der Waals surface area contributed by atoms with Crippen molar-refractivity contribution in [3.63, 3.8) is 0 Å². The number of thioether (sulfide) groups is 1. The number of hydrogen-bond acceptors (Lipinski definition) is 4. The third kappa shape index (κ3) is 4.08. The van der Waals surface area contributed by atoms with Crippen LogP contribution >= 0.6 is 43.6 Å². The summed E-state index contributed by atoms with van der Waals surface area (Å²) in [6.45, 7) is 3.01. The van der Waals surface area contributed by atoms with Gasteiger partial charge in [0.2, 0.25) is 5.82 Å². The van der Waals surface area contributed by atoms with Crippen LogP contribution in [0.15, 0.2) is 55.1 Å². The molecule has 0 fully saturated rings. The first-order valence-corrected chi connectivity index (χ1v) is 9.80. The van der Waals surface area contributed by atoms with Crippen LogP contribution in [-0.2, 0) is 12.3 Å². The van der Waals surface area contributed by atoms with Crippen LogP contribution in [0.3, 0.4) is 0 Å². The Morgan fingerprint density at radius 1 is 1.09 bits per heavy atom. The molecule has 1 aromatic carbocycles. The predicted octanol–water partition coefficient (Wildman–Crippen LogP) is 5.77. The number of rotatable bonds is 6. The molecule has 120 valence electrons. The zero-order valence-electron chi connectivity index (χ0n) is 12.5. The Kier molecular flexibility index (Phi) is 5.61. The fraction of sp³-hybridized carbons (Fsp3) is 0.250. The number of nitrogens with zero attached hydrogens (tertiary/aromatic N) is 3. The zero-order chi connectivity index (χ0) is 16.2. The van der Waals surface area contributed by atoms with E-state index in [1.165, 1.54) is 5.56 Å². The van der Waals surface area contributed by atoms with Gasteiger partial charge in [0.1, 0.15) is 0 Å². The summed E-state index contributed by atoms with van der Waals surface area (Å²) in [5, 5.41) is 9.57. The van der Waals surface area contributed by atoms with Gasteiger partial charge in [-0.2, -0.15) is 0 Å². The lowest BCUT2D eigenvalue weighted by atomic mass is 10.2. The Balaban J connectivity index is 1.81. The summed E-state index contributed by atoms with van der Waals surface area (Å²) in [6, 6.07) is 12.1. The quantitative estimate of drug-likeness (QED) is 0.442. The van der Waals surface area contributed by atoms with Crippen LogP contribution < -0.4 is 0 Å². The molecular formula is C16H15Br2N3OS. The highest BCUT2D eigenvalue weighted by atomic mass is 79.9. The number of hydrogen-bond donors (Lipinski definition) is 0. The molecule has 3 aromatic rings. The van der Waals surface area contributed by atoms with Gasteiger partial charge in [0, 0.05) is 16.8 Å². The Bertz CT molecular complexity index is 783. The largest absolute Gasteiger partial charge is 0.446 e. The van der Waals surface area contributed by atoms with Gasteiger partial charge in [-0.1, -0.05) is 46.7 Å². The van der Waals surface area contributed by atoms with Crippen LogP contribution in [0.4, 0.5) is 0 Å². The molecule has 0 N–H and O–H groups in total. The van der Waals surface area contributed by atoms with Crippen LogP contribution in [0, 0.1) is 0 Å². The molecule has 0 unspecified atom stereocenters. The van der Waals surface area contributed by atoms with E-state index in [1.54, 1.807) is 11.8 Å². The number of aromatic nitrogens is 3. The molecule has 0 aliphatic heterocycles. The van der Waals surface area contributed by atoms with Gasteiger partial charge in [0.15, 0.2) is 15.6 Å². The molecular weight excluding hydrogens is 442 g/mol. The fourth-order valence-electron chi connectivity index (χ4n) is 2.17. The summed E-state index contributed by atoms with van der Waals surface area (Å²) < 4.78 is 9.53. The Morgan fingerprint density at radius 2 is 1.87 bits per heavy atom. The van der Waals surface area contributed by atoms with E-state index in [0.29, 0.717) is 4.67 Å². The minimum Gasteiger partial charge on any atom is -0.446 e. The van der Waals surface area contributed by atoms with E-state index in [4.69, 9.17) is 4.42 Å². The van der Waals surface area contributed by atoms with Crippen molar-refractivity contribution in [2.75, 3.05) is 0 Å². The van der Waals surface area contributed by atoms with E-state index in [1.807, 2.05) is 12.1 Å². The van der Waals surface area contributed by atoms with Gasteiger partial charge < -0.3 is 4.42 Å². The van der Waals surface area contributed by atoms with Crippen molar-refractivity contribution in [1.82, 2.24) is 14.8 Å². The van der Waals surface area contributed by atoms with Gasteiger partial charge in [0.25, 0.3) is 0 Å².